The summed E-state index contributed by atoms with van der Waals surface area (Å²) in [5.74, 6) is 0.911. The molecule has 0 spiro atoms. The zero-order valence-electron chi connectivity index (χ0n) is 15.4. The number of amides is 2. The molecule has 0 radical (unpaired) electrons. The van der Waals surface area contributed by atoms with Crippen molar-refractivity contribution in [2.24, 2.45) is 5.73 Å². The Bertz CT molecular complexity index is 1010. The van der Waals surface area contributed by atoms with Gasteiger partial charge in [-0.25, -0.2) is 19.7 Å². The summed E-state index contributed by atoms with van der Waals surface area (Å²) in [6, 6.07) is 7.65. The maximum absolute atomic E-state index is 12.0. The Kier molecular flexibility index (Phi) is 4.90. The van der Waals surface area contributed by atoms with Crippen LogP contribution in [-0.4, -0.2) is 57.0 Å². The lowest BCUT2D eigenvalue weighted by molar-refractivity contribution is 0.203. The quantitative estimate of drug-likeness (QED) is 0.541. The van der Waals surface area contributed by atoms with Crippen molar-refractivity contribution in [1.82, 2.24) is 30.2 Å². The Balaban J connectivity index is 1.57. The smallest absolute Gasteiger partial charge is 0.317 e. The van der Waals surface area contributed by atoms with Crippen LogP contribution in [0, 0.1) is 0 Å². The molecule has 3 aromatic rings. The maximum atomic E-state index is 12.0. The molecule has 6 N–H and O–H groups in total. The first-order valence-corrected chi connectivity index (χ1v) is 9.15. The van der Waals surface area contributed by atoms with E-state index in [0.29, 0.717) is 49.9 Å². The second-order valence-electron chi connectivity index (χ2n) is 6.54. The summed E-state index contributed by atoms with van der Waals surface area (Å²) < 4.78 is 0. The largest absolute Gasteiger partial charge is 0.382 e. The molecule has 0 bridgehead atoms. The molecule has 144 valence electrons. The number of anilines is 1. The minimum atomic E-state index is -0.105. The fourth-order valence-corrected chi connectivity index (χ4v) is 3.17. The van der Waals surface area contributed by atoms with Gasteiger partial charge in [0.2, 0.25) is 0 Å². The monoisotopic (exact) mass is 378 g/mol. The van der Waals surface area contributed by atoms with Gasteiger partial charge in [-0.2, -0.15) is 0 Å². The number of carbonyl (C=O) groups is 1. The Morgan fingerprint density at radius 2 is 2.14 bits per heavy atom. The van der Waals surface area contributed by atoms with Crippen LogP contribution < -0.4 is 16.8 Å². The molecule has 9 nitrogen and oxygen atoms in total. The van der Waals surface area contributed by atoms with E-state index in [4.69, 9.17) is 16.5 Å². The number of fused-ring (bicyclic) bond motifs is 1. The van der Waals surface area contributed by atoms with E-state index in [0.717, 1.165) is 22.3 Å². The third-order valence-electron chi connectivity index (χ3n) is 4.66. The first-order chi connectivity index (χ1) is 13.7. The highest BCUT2D eigenvalue weighted by Crippen LogP contribution is 2.26. The number of nitrogen functional groups attached to an aromatic ring is 1. The van der Waals surface area contributed by atoms with Gasteiger partial charge >= 0.3 is 6.03 Å². The van der Waals surface area contributed by atoms with Crippen molar-refractivity contribution < 1.29 is 4.79 Å². The van der Waals surface area contributed by atoms with E-state index in [9.17, 15) is 4.79 Å². The van der Waals surface area contributed by atoms with Crippen molar-refractivity contribution >= 4 is 28.5 Å². The number of nitrogens with two attached hydrogens (primary N) is 2. The topological polar surface area (TPSA) is 139 Å². The molecule has 1 aromatic carbocycles. The minimum Gasteiger partial charge on any atom is -0.382 e. The van der Waals surface area contributed by atoms with E-state index in [-0.39, 0.29) is 6.03 Å². The molecule has 1 aliphatic heterocycles. The first-order valence-electron chi connectivity index (χ1n) is 9.15. The fourth-order valence-electron chi connectivity index (χ4n) is 3.17. The highest BCUT2D eigenvalue weighted by atomic mass is 16.2. The lowest BCUT2D eigenvalue weighted by Gasteiger charge is -2.26. The zero-order chi connectivity index (χ0) is 19.5. The van der Waals surface area contributed by atoms with Crippen molar-refractivity contribution in [3.63, 3.8) is 0 Å². The van der Waals surface area contributed by atoms with Gasteiger partial charge in [-0.3, -0.25) is 0 Å². The molecule has 0 saturated heterocycles. The number of benzene rings is 1. The summed E-state index contributed by atoms with van der Waals surface area (Å²) in [7, 11) is 0. The van der Waals surface area contributed by atoms with E-state index in [1.54, 1.807) is 11.1 Å². The van der Waals surface area contributed by atoms with Crippen LogP contribution in [0.25, 0.3) is 28.1 Å². The predicted octanol–water partition coefficient (Wildman–Crippen LogP) is 1.36. The van der Waals surface area contributed by atoms with Crippen LogP contribution in [0.3, 0.4) is 0 Å². The van der Waals surface area contributed by atoms with E-state index in [2.05, 4.69) is 20.3 Å². The Labute approximate surface area is 161 Å². The van der Waals surface area contributed by atoms with Gasteiger partial charge < -0.3 is 26.7 Å². The van der Waals surface area contributed by atoms with E-state index in [1.807, 2.05) is 30.3 Å². The second kappa shape index (κ2) is 7.65. The number of H-pyrrole nitrogens is 1. The number of nitrogens with zero attached hydrogens (tertiary/aromatic N) is 4. The third kappa shape index (κ3) is 3.52. The van der Waals surface area contributed by atoms with Crippen molar-refractivity contribution in [2.75, 3.05) is 31.9 Å². The molecule has 9 heteroatoms. The van der Waals surface area contributed by atoms with Crippen LogP contribution in [0.5, 0.6) is 0 Å². The number of hydrogen-bond donors (Lipinski definition) is 4. The standard InChI is InChI=1S/C19H22N8O/c20-7-8-22-19(28)27-9-5-12(6-10-27)15-11-23-17(21)16(24-15)18-25-13-3-1-2-4-14(13)26-18/h1-5,11H,6-10,20H2,(H2,21,23)(H,22,28)(H,25,26). The average Bonchev–Trinajstić information content (AvgIpc) is 3.16. The van der Waals surface area contributed by atoms with E-state index >= 15 is 0 Å². The van der Waals surface area contributed by atoms with Gasteiger partial charge in [0.25, 0.3) is 0 Å². The number of aromatic amines is 1. The van der Waals surface area contributed by atoms with Gasteiger partial charge in [-0.15, -0.1) is 0 Å². The lowest BCUT2D eigenvalue weighted by atomic mass is 10.1. The normalized spacial score (nSPS) is 14.2. The summed E-state index contributed by atoms with van der Waals surface area (Å²) >= 11 is 0. The van der Waals surface area contributed by atoms with Crippen LogP contribution in [0.1, 0.15) is 12.1 Å². The minimum absolute atomic E-state index is 0.105. The number of rotatable bonds is 4. The molecule has 2 aromatic heterocycles. The SMILES string of the molecule is NCCNC(=O)N1CC=C(c2cnc(N)c(-c3nc4ccccc4[nH]3)n2)CC1. The molecule has 2 amide bonds. The molecule has 28 heavy (non-hydrogen) atoms. The van der Waals surface area contributed by atoms with Crippen molar-refractivity contribution in [3.8, 4) is 11.5 Å². The Morgan fingerprint density at radius 1 is 1.29 bits per heavy atom. The molecule has 4 rings (SSSR count). The van der Waals surface area contributed by atoms with Gasteiger partial charge in [-0.1, -0.05) is 18.2 Å². The molecule has 0 atom stereocenters. The Hall–Kier alpha value is -3.46. The highest BCUT2D eigenvalue weighted by molar-refractivity contribution is 5.81. The van der Waals surface area contributed by atoms with Gasteiger partial charge in [-0.05, 0) is 24.1 Å². The number of para-hydroxylation sites is 2. The lowest BCUT2D eigenvalue weighted by Crippen LogP contribution is -2.43. The van der Waals surface area contributed by atoms with E-state index < -0.39 is 0 Å². The molecule has 0 aliphatic carbocycles. The third-order valence-corrected chi connectivity index (χ3v) is 4.66. The van der Waals surface area contributed by atoms with E-state index in [1.165, 1.54) is 0 Å². The van der Waals surface area contributed by atoms with Gasteiger partial charge in [0.15, 0.2) is 11.6 Å². The summed E-state index contributed by atoms with van der Waals surface area (Å²) in [6.07, 6.45) is 4.35. The average molecular weight is 378 g/mol. The highest BCUT2D eigenvalue weighted by Gasteiger charge is 2.20. The predicted molar refractivity (Wildman–Crippen MR) is 108 cm³/mol. The van der Waals surface area contributed by atoms with Crippen molar-refractivity contribution in [2.45, 2.75) is 6.42 Å². The van der Waals surface area contributed by atoms with Gasteiger partial charge in [0.1, 0.15) is 5.69 Å². The van der Waals surface area contributed by atoms with Crippen LogP contribution in [0.4, 0.5) is 10.6 Å². The molecule has 1 aliphatic rings. The molecule has 0 unspecified atom stereocenters. The van der Waals surface area contributed by atoms with Crippen molar-refractivity contribution in [3.05, 3.63) is 42.2 Å². The van der Waals surface area contributed by atoms with Gasteiger partial charge in [0.05, 0.1) is 22.9 Å². The summed E-state index contributed by atoms with van der Waals surface area (Å²) in [5.41, 5.74) is 15.5. The molecule has 0 saturated carbocycles. The summed E-state index contributed by atoms with van der Waals surface area (Å²) in [4.78, 5) is 30.6. The number of aromatic nitrogens is 4. The number of nitrogens with one attached hydrogen (secondary N) is 2. The molecule has 0 fully saturated rings. The van der Waals surface area contributed by atoms with Crippen molar-refractivity contribution in [1.29, 1.82) is 0 Å². The number of hydrogen-bond acceptors (Lipinski definition) is 6. The summed E-state index contributed by atoms with van der Waals surface area (Å²) in [5, 5.41) is 2.78. The Morgan fingerprint density at radius 3 is 2.89 bits per heavy atom. The molecular formula is C19H22N8O. The molecule has 3 heterocycles. The zero-order valence-corrected chi connectivity index (χ0v) is 15.4. The van der Waals surface area contributed by atoms with Crippen LogP contribution in [0.2, 0.25) is 0 Å². The number of carbonyl (C=O) groups excluding carboxylic acids is 1. The van der Waals surface area contributed by atoms with Crippen LogP contribution >= 0.6 is 0 Å². The second-order valence-corrected chi connectivity index (χ2v) is 6.54. The van der Waals surface area contributed by atoms with Crippen LogP contribution in [-0.2, 0) is 0 Å². The van der Waals surface area contributed by atoms with Gasteiger partial charge in [0, 0.05) is 26.2 Å². The number of urea groups is 1. The molecular weight excluding hydrogens is 356 g/mol. The maximum Gasteiger partial charge on any atom is 0.317 e. The van der Waals surface area contributed by atoms with Crippen LogP contribution in [0.15, 0.2) is 36.5 Å². The first kappa shape index (κ1) is 17.9. The fraction of sp³-hybridized carbons (Fsp3) is 0.263. The summed E-state index contributed by atoms with van der Waals surface area (Å²) in [6.45, 7) is 2.01. The number of imidazole rings is 1.